The molecule has 0 unspecified atom stereocenters. The SMILES string of the molecule is CCCN(CCC)c1nccc(C(=O)Nc2cc(OC)c(Cl)cc2OC)n1. The Balaban J connectivity index is 2.27. The van der Waals surface area contributed by atoms with Crippen molar-refractivity contribution < 1.29 is 14.3 Å². The summed E-state index contributed by atoms with van der Waals surface area (Å²) in [4.78, 5) is 23.5. The van der Waals surface area contributed by atoms with Crippen molar-refractivity contribution in [2.75, 3.05) is 37.5 Å². The van der Waals surface area contributed by atoms with Crippen LogP contribution in [0.15, 0.2) is 24.4 Å². The summed E-state index contributed by atoms with van der Waals surface area (Å²) in [5.41, 5.74) is 0.719. The van der Waals surface area contributed by atoms with Crippen molar-refractivity contribution in [2.24, 2.45) is 0 Å². The molecule has 0 aliphatic carbocycles. The summed E-state index contributed by atoms with van der Waals surface area (Å²) >= 11 is 6.10. The summed E-state index contributed by atoms with van der Waals surface area (Å²) in [7, 11) is 3.01. The predicted octanol–water partition coefficient (Wildman–Crippen LogP) is 4.03. The van der Waals surface area contributed by atoms with E-state index >= 15 is 0 Å². The second-order valence-electron chi connectivity index (χ2n) is 5.87. The maximum absolute atomic E-state index is 12.7. The third kappa shape index (κ3) is 5.23. The van der Waals surface area contributed by atoms with Crippen LogP contribution in [-0.4, -0.2) is 43.2 Å². The van der Waals surface area contributed by atoms with Crippen molar-refractivity contribution in [3.63, 3.8) is 0 Å². The molecule has 8 heteroatoms. The van der Waals surface area contributed by atoms with Crippen molar-refractivity contribution >= 4 is 29.1 Å². The van der Waals surface area contributed by atoms with Gasteiger partial charge in [0, 0.05) is 31.4 Å². The Labute approximate surface area is 164 Å². The van der Waals surface area contributed by atoms with Crippen LogP contribution in [0.25, 0.3) is 0 Å². The zero-order valence-electron chi connectivity index (χ0n) is 16.1. The van der Waals surface area contributed by atoms with Crippen LogP contribution in [0.3, 0.4) is 0 Å². The molecule has 1 heterocycles. The third-order valence-electron chi connectivity index (χ3n) is 3.87. The van der Waals surface area contributed by atoms with E-state index in [1.54, 1.807) is 24.4 Å². The Morgan fingerprint density at radius 1 is 1.15 bits per heavy atom. The molecule has 0 saturated carbocycles. The Bertz CT molecular complexity index is 780. The number of carbonyl (C=O) groups excluding carboxylic acids is 1. The van der Waals surface area contributed by atoms with Gasteiger partial charge in [-0.25, -0.2) is 9.97 Å². The molecule has 0 aliphatic rings. The van der Waals surface area contributed by atoms with Crippen LogP contribution in [0.4, 0.5) is 11.6 Å². The van der Waals surface area contributed by atoms with E-state index in [4.69, 9.17) is 21.1 Å². The van der Waals surface area contributed by atoms with Crippen LogP contribution in [0.2, 0.25) is 5.02 Å². The first-order valence-corrected chi connectivity index (χ1v) is 9.22. The van der Waals surface area contributed by atoms with Gasteiger partial charge in [0.15, 0.2) is 0 Å². The first kappa shape index (κ1) is 20.8. The smallest absolute Gasteiger partial charge is 0.274 e. The molecule has 1 aromatic heterocycles. The molecule has 2 aromatic rings. The number of ether oxygens (including phenoxy) is 2. The van der Waals surface area contributed by atoms with Gasteiger partial charge in [-0.2, -0.15) is 0 Å². The van der Waals surface area contributed by atoms with Crippen molar-refractivity contribution in [3.05, 3.63) is 35.1 Å². The highest BCUT2D eigenvalue weighted by atomic mass is 35.5. The highest BCUT2D eigenvalue weighted by Gasteiger charge is 2.16. The minimum Gasteiger partial charge on any atom is -0.495 e. The number of methoxy groups -OCH3 is 2. The number of hydrogen-bond acceptors (Lipinski definition) is 6. The maximum Gasteiger partial charge on any atom is 0.274 e. The monoisotopic (exact) mass is 392 g/mol. The molecule has 1 amide bonds. The van der Waals surface area contributed by atoms with Crippen LogP contribution < -0.4 is 19.7 Å². The molecule has 2 rings (SSSR count). The molecule has 0 aliphatic heterocycles. The molecule has 27 heavy (non-hydrogen) atoms. The molecule has 0 fully saturated rings. The fourth-order valence-electron chi connectivity index (χ4n) is 2.62. The highest BCUT2D eigenvalue weighted by molar-refractivity contribution is 6.32. The number of hydrogen-bond donors (Lipinski definition) is 1. The number of anilines is 2. The fraction of sp³-hybridized carbons (Fsp3) is 0.421. The Morgan fingerprint density at radius 3 is 2.41 bits per heavy atom. The van der Waals surface area contributed by atoms with Gasteiger partial charge < -0.3 is 19.7 Å². The van der Waals surface area contributed by atoms with Gasteiger partial charge in [0.1, 0.15) is 17.2 Å². The van der Waals surface area contributed by atoms with Gasteiger partial charge in [-0.05, 0) is 18.9 Å². The zero-order chi connectivity index (χ0) is 19.8. The third-order valence-corrected chi connectivity index (χ3v) is 4.16. The number of nitrogens with one attached hydrogen (secondary N) is 1. The largest absolute Gasteiger partial charge is 0.495 e. The number of rotatable bonds is 9. The number of amides is 1. The van der Waals surface area contributed by atoms with E-state index in [0.29, 0.717) is 28.2 Å². The maximum atomic E-state index is 12.7. The lowest BCUT2D eigenvalue weighted by atomic mass is 10.2. The van der Waals surface area contributed by atoms with Crippen LogP contribution in [0.1, 0.15) is 37.2 Å². The van der Waals surface area contributed by atoms with E-state index in [1.165, 1.54) is 14.2 Å². The minimum absolute atomic E-state index is 0.271. The van der Waals surface area contributed by atoms with Crippen LogP contribution >= 0.6 is 11.6 Å². The summed E-state index contributed by atoms with van der Waals surface area (Å²) in [6, 6.07) is 4.78. The molecule has 0 atom stereocenters. The van der Waals surface area contributed by atoms with Crippen LogP contribution in [0.5, 0.6) is 11.5 Å². The van der Waals surface area contributed by atoms with E-state index in [1.807, 2.05) is 0 Å². The lowest BCUT2D eigenvalue weighted by molar-refractivity contribution is 0.102. The zero-order valence-corrected chi connectivity index (χ0v) is 16.8. The molecular formula is C19H25ClN4O3. The van der Waals surface area contributed by atoms with E-state index in [9.17, 15) is 4.79 Å². The van der Waals surface area contributed by atoms with Crippen molar-refractivity contribution in [1.29, 1.82) is 0 Å². The van der Waals surface area contributed by atoms with E-state index < -0.39 is 0 Å². The fourth-order valence-corrected chi connectivity index (χ4v) is 2.85. The lowest BCUT2D eigenvalue weighted by Gasteiger charge is -2.21. The molecule has 0 radical (unpaired) electrons. The number of carbonyl (C=O) groups is 1. The molecule has 0 saturated heterocycles. The molecular weight excluding hydrogens is 368 g/mol. The summed E-state index contributed by atoms with van der Waals surface area (Å²) < 4.78 is 10.5. The van der Waals surface area contributed by atoms with Gasteiger partial charge in [0.2, 0.25) is 5.95 Å². The molecule has 146 valence electrons. The van der Waals surface area contributed by atoms with Gasteiger partial charge in [0.05, 0.1) is 24.9 Å². The van der Waals surface area contributed by atoms with Crippen LogP contribution in [-0.2, 0) is 0 Å². The number of nitrogens with zero attached hydrogens (tertiary/aromatic N) is 3. The molecule has 1 aromatic carbocycles. The van der Waals surface area contributed by atoms with Crippen LogP contribution in [0, 0.1) is 0 Å². The predicted molar refractivity (Wildman–Crippen MR) is 107 cm³/mol. The summed E-state index contributed by atoms with van der Waals surface area (Å²) in [6.45, 7) is 5.86. The average Bonchev–Trinajstić information content (AvgIpc) is 2.68. The van der Waals surface area contributed by atoms with Gasteiger partial charge in [-0.3, -0.25) is 4.79 Å². The van der Waals surface area contributed by atoms with Gasteiger partial charge in [-0.1, -0.05) is 25.4 Å². The minimum atomic E-state index is -0.366. The summed E-state index contributed by atoms with van der Waals surface area (Å²) in [5.74, 6) is 1.05. The topological polar surface area (TPSA) is 76.6 Å². The van der Waals surface area contributed by atoms with Crippen molar-refractivity contribution in [1.82, 2.24) is 9.97 Å². The average molecular weight is 393 g/mol. The Kier molecular flexibility index (Phi) is 7.67. The number of benzene rings is 1. The number of aromatic nitrogens is 2. The first-order chi connectivity index (χ1) is 13.0. The van der Waals surface area contributed by atoms with E-state index in [0.717, 1.165) is 25.9 Å². The standard InChI is InChI=1S/C19H25ClN4O3/c1-5-9-24(10-6-2)19-21-8-7-14(23-19)18(25)22-15-12-16(26-3)13(20)11-17(15)27-4/h7-8,11-12H,5-6,9-10H2,1-4H3,(H,22,25). The van der Waals surface area contributed by atoms with E-state index in [-0.39, 0.29) is 11.6 Å². The Hall–Kier alpha value is -2.54. The van der Waals surface area contributed by atoms with Gasteiger partial charge in [-0.15, -0.1) is 0 Å². The first-order valence-electron chi connectivity index (χ1n) is 8.84. The normalized spacial score (nSPS) is 10.4. The molecule has 0 bridgehead atoms. The molecule has 7 nitrogen and oxygen atoms in total. The van der Waals surface area contributed by atoms with Gasteiger partial charge >= 0.3 is 0 Å². The second kappa shape index (κ2) is 9.97. The molecule has 1 N–H and O–H groups in total. The van der Waals surface area contributed by atoms with Crippen molar-refractivity contribution in [2.45, 2.75) is 26.7 Å². The highest BCUT2D eigenvalue weighted by Crippen LogP contribution is 2.36. The van der Waals surface area contributed by atoms with E-state index in [2.05, 4.69) is 34.0 Å². The second-order valence-corrected chi connectivity index (χ2v) is 6.28. The molecule has 0 spiro atoms. The number of halogens is 1. The summed E-state index contributed by atoms with van der Waals surface area (Å²) in [5, 5.41) is 3.19. The summed E-state index contributed by atoms with van der Waals surface area (Å²) in [6.07, 6.45) is 3.54. The quantitative estimate of drug-likeness (QED) is 0.694. The van der Waals surface area contributed by atoms with Crippen molar-refractivity contribution in [3.8, 4) is 11.5 Å². The lowest BCUT2D eigenvalue weighted by Crippen LogP contribution is -2.27. The van der Waals surface area contributed by atoms with Gasteiger partial charge in [0.25, 0.3) is 5.91 Å². The Morgan fingerprint density at radius 2 is 1.81 bits per heavy atom.